The Morgan fingerprint density at radius 3 is 1.63 bits per heavy atom. The molecule has 0 amide bonds. The summed E-state index contributed by atoms with van der Waals surface area (Å²) in [6, 6.07) is 0. The van der Waals surface area contributed by atoms with Gasteiger partial charge in [0.25, 0.3) is 7.82 Å². The van der Waals surface area contributed by atoms with Gasteiger partial charge in [-0.1, -0.05) is 103 Å². The highest BCUT2D eigenvalue weighted by Crippen LogP contribution is 2.38. The second kappa shape index (κ2) is 21.9. The van der Waals surface area contributed by atoms with E-state index in [1.54, 1.807) is 0 Å². The molecular weight excluding hydrogens is 457 g/mol. The van der Waals surface area contributed by atoms with E-state index < -0.39 is 7.82 Å². The van der Waals surface area contributed by atoms with Crippen LogP contribution in [0.5, 0.6) is 0 Å². The quantitative estimate of drug-likeness (QED) is 0.0531. The normalized spacial score (nSPS) is 17.3. The van der Waals surface area contributed by atoms with Gasteiger partial charge in [-0.25, -0.2) is 0 Å². The van der Waals surface area contributed by atoms with Crippen LogP contribution in [0.25, 0.3) is 0 Å². The summed E-state index contributed by atoms with van der Waals surface area (Å²) >= 11 is 0. The van der Waals surface area contributed by atoms with Crippen molar-refractivity contribution >= 4 is 7.82 Å². The highest BCUT2D eigenvalue weighted by atomic mass is 31.2. The molecule has 208 valence electrons. The predicted octanol–water partition coefficient (Wildman–Crippen LogP) is 8.33. The Balaban J connectivity index is 1.78. The number of hydrogen-bond donors (Lipinski definition) is 0. The summed E-state index contributed by atoms with van der Waals surface area (Å²) in [5, 5.41) is 0. The molecule has 6 heteroatoms. The second-order valence-corrected chi connectivity index (χ2v) is 12.4. The van der Waals surface area contributed by atoms with E-state index in [-0.39, 0.29) is 13.2 Å². The fraction of sp³-hybridized carbons (Fsp3) is 0.931. The van der Waals surface area contributed by atoms with E-state index in [1.165, 1.54) is 109 Å². The van der Waals surface area contributed by atoms with Gasteiger partial charge in [-0.2, -0.15) is 0 Å². The SMILES string of the molecule is CCCCCCCC/C=C\CCCCCCCCCCCCOP(=O)([O-])OCC[N+]1(C)CCCC1. The Morgan fingerprint density at radius 2 is 1.11 bits per heavy atom. The Bertz CT molecular complexity index is 549. The minimum Gasteiger partial charge on any atom is -0.756 e. The molecule has 0 radical (unpaired) electrons. The summed E-state index contributed by atoms with van der Waals surface area (Å²) in [6.07, 6.45) is 30.3. The lowest BCUT2D eigenvalue weighted by molar-refractivity contribution is -0.897. The molecule has 0 saturated carbocycles. The van der Waals surface area contributed by atoms with Crippen molar-refractivity contribution in [2.75, 3.05) is 39.9 Å². The van der Waals surface area contributed by atoms with Gasteiger partial charge in [0.05, 0.1) is 26.7 Å². The smallest absolute Gasteiger partial charge is 0.268 e. The molecular formula is C29H58NO4P. The van der Waals surface area contributed by atoms with Crippen LogP contribution in [-0.4, -0.2) is 44.4 Å². The summed E-state index contributed by atoms with van der Waals surface area (Å²) in [5.41, 5.74) is 0. The number of unbranched alkanes of at least 4 members (excludes halogenated alkanes) is 16. The molecule has 0 aromatic carbocycles. The first-order valence-corrected chi connectivity index (χ1v) is 16.5. The lowest BCUT2D eigenvalue weighted by Crippen LogP contribution is -2.43. The second-order valence-electron chi connectivity index (χ2n) is 11.0. The summed E-state index contributed by atoms with van der Waals surface area (Å²) < 4.78 is 22.9. The Morgan fingerprint density at radius 1 is 0.686 bits per heavy atom. The first-order chi connectivity index (χ1) is 17.0. The number of rotatable bonds is 25. The van der Waals surface area contributed by atoms with Gasteiger partial charge in [-0.05, 0) is 32.1 Å². The summed E-state index contributed by atoms with van der Waals surface area (Å²) in [5.74, 6) is 0. The number of likely N-dealkylation sites (N-methyl/N-ethyl adjacent to an activating group) is 1. The molecule has 1 unspecified atom stereocenters. The summed E-state index contributed by atoms with van der Waals surface area (Å²) in [4.78, 5) is 11.9. The monoisotopic (exact) mass is 515 g/mol. The van der Waals surface area contributed by atoms with Gasteiger partial charge in [0.15, 0.2) is 0 Å². The van der Waals surface area contributed by atoms with E-state index in [0.717, 1.165) is 43.4 Å². The van der Waals surface area contributed by atoms with Gasteiger partial charge in [-0.3, -0.25) is 4.57 Å². The standard InChI is InChI=1S/C29H58NO4P/c1-3-4-5-6-7-8-9-10-11-12-13-14-15-16-17-18-19-20-21-24-28-33-35(31,32)34-29-27-30(2)25-22-23-26-30/h10-11H,3-9,12-29H2,1-2H3/b11-10-. The van der Waals surface area contributed by atoms with Gasteiger partial charge in [0.2, 0.25) is 0 Å². The summed E-state index contributed by atoms with van der Waals surface area (Å²) in [6.45, 7) is 5.73. The maximum atomic E-state index is 11.9. The van der Waals surface area contributed by atoms with Crippen molar-refractivity contribution in [2.24, 2.45) is 0 Å². The van der Waals surface area contributed by atoms with E-state index in [2.05, 4.69) is 26.1 Å². The minimum absolute atomic E-state index is 0.229. The number of nitrogens with zero attached hydrogens (tertiary/aromatic N) is 1. The van der Waals surface area contributed by atoms with Crippen molar-refractivity contribution < 1.29 is 23.0 Å². The third kappa shape index (κ3) is 20.5. The molecule has 1 atom stereocenters. The fourth-order valence-corrected chi connectivity index (χ4v) is 5.70. The topological polar surface area (TPSA) is 58.6 Å². The molecule has 1 heterocycles. The zero-order chi connectivity index (χ0) is 25.5. The maximum absolute atomic E-state index is 11.9. The number of phosphoric acid groups is 1. The zero-order valence-corrected chi connectivity index (χ0v) is 24.3. The number of likely N-dealkylation sites (tertiary alicyclic amines) is 1. The molecule has 0 aromatic rings. The maximum Gasteiger partial charge on any atom is 0.268 e. The molecule has 0 bridgehead atoms. The van der Waals surface area contributed by atoms with Crippen LogP contribution in [0.3, 0.4) is 0 Å². The molecule has 1 saturated heterocycles. The van der Waals surface area contributed by atoms with Gasteiger partial charge in [-0.15, -0.1) is 0 Å². The van der Waals surface area contributed by atoms with Crippen LogP contribution in [0, 0.1) is 0 Å². The van der Waals surface area contributed by atoms with E-state index in [1.807, 2.05) is 0 Å². The van der Waals surface area contributed by atoms with Crippen LogP contribution in [0.1, 0.15) is 135 Å². The van der Waals surface area contributed by atoms with Gasteiger partial charge in [0, 0.05) is 12.8 Å². The van der Waals surface area contributed by atoms with Crippen LogP contribution < -0.4 is 4.89 Å². The highest BCUT2D eigenvalue weighted by molar-refractivity contribution is 7.45. The van der Waals surface area contributed by atoms with E-state index in [0.29, 0.717) is 0 Å². The minimum atomic E-state index is -4.14. The number of quaternary nitrogens is 1. The van der Waals surface area contributed by atoms with E-state index >= 15 is 0 Å². The van der Waals surface area contributed by atoms with E-state index in [9.17, 15) is 9.46 Å². The van der Waals surface area contributed by atoms with Crippen LogP contribution in [0.4, 0.5) is 0 Å². The van der Waals surface area contributed by atoms with Gasteiger partial charge in [0.1, 0.15) is 13.2 Å². The van der Waals surface area contributed by atoms with Crippen LogP contribution >= 0.6 is 7.82 Å². The van der Waals surface area contributed by atoms with Crippen molar-refractivity contribution in [2.45, 2.75) is 135 Å². The van der Waals surface area contributed by atoms with Crippen molar-refractivity contribution in [3.05, 3.63) is 12.2 Å². The molecule has 1 aliphatic rings. The number of allylic oxidation sites excluding steroid dienone is 2. The summed E-state index contributed by atoms with van der Waals surface area (Å²) in [7, 11) is -1.97. The van der Waals surface area contributed by atoms with Gasteiger partial charge >= 0.3 is 0 Å². The fourth-order valence-electron chi connectivity index (χ4n) is 4.97. The molecule has 1 aliphatic heterocycles. The molecule has 0 spiro atoms. The number of phosphoric ester groups is 1. The third-order valence-corrected chi connectivity index (χ3v) is 8.43. The number of hydrogen-bond acceptors (Lipinski definition) is 4. The van der Waals surface area contributed by atoms with Crippen molar-refractivity contribution in [1.29, 1.82) is 0 Å². The third-order valence-electron chi connectivity index (χ3n) is 7.43. The van der Waals surface area contributed by atoms with Crippen molar-refractivity contribution in [3.8, 4) is 0 Å². The van der Waals surface area contributed by atoms with Gasteiger partial charge < -0.3 is 18.4 Å². The first-order valence-electron chi connectivity index (χ1n) is 15.1. The Hall–Kier alpha value is -0.190. The average Bonchev–Trinajstić information content (AvgIpc) is 3.26. The molecule has 0 aromatic heterocycles. The molecule has 0 aliphatic carbocycles. The lowest BCUT2D eigenvalue weighted by Gasteiger charge is -2.30. The molecule has 5 nitrogen and oxygen atoms in total. The molecule has 0 N–H and O–H groups in total. The zero-order valence-electron chi connectivity index (χ0n) is 23.4. The van der Waals surface area contributed by atoms with Crippen molar-refractivity contribution in [3.63, 3.8) is 0 Å². The average molecular weight is 516 g/mol. The highest BCUT2D eigenvalue weighted by Gasteiger charge is 2.26. The first kappa shape index (κ1) is 32.8. The molecule has 35 heavy (non-hydrogen) atoms. The van der Waals surface area contributed by atoms with E-state index in [4.69, 9.17) is 9.05 Å². The molecule has 1 rings (SSSR count). The largest absolute Gasteiger partial charge is 0.756 e. The lowest BCUT2D eigenvalue weighted by atomic mass is 10.1. The molecule has 1 fully saturated rings. The van der Waals surface area contributed by atoms with Crippen LogP contribution in [0.2, 0.25) is 0 Å². The Kier molecular flexibility index (Phi) is 20.5. The van der Waals surface area contributed by atoms with Crippen LogP contribution in [0.15, 0.2) is 12.2 Å². The predicted molar refractivity (Wildman–Crippen MR) is 147 cm³/mol. The van der Waals surface area contributed by atoms with Crippen molar-refractivity contribution in [1.82, 2.24) is 0 Å². The van der Waals surface area contributed by atoms with Crippen LogP contribution in [-0.2, 0) is 13.6 Å². The Labute approximate surface area is 218 Å².